The summed E-state index contributed by atoms with van der Waals surface area (Å²) >= 11 is 0. The second-order valence-electron chi connectivity index (χ2n) is 17.2. The minimum absolute atomic E-state index is 0.0846. The number of carbonyl (C=O) groups excluding carboxylic acids is 3. The molecule has 0 spiro atoms. The number of nitrogens with two attached hydrogens (primary N) is 1. The van der Waals surface area contributed by atoms with Gasteiger partial charge >= 0.3 is 17.9 Å². The monoisotopic (exact) mass is 615 g/mol. The van der Waals surface area contributed by atoms with Gasteiger partial charge in [0, 0.05) is 12.8 Å². The van der Waals surface area contributed by atoms with E-state index in [1.54, 1.807) is 0 Å². The van der Waals surface area contributed by atoms with Crippen molar-refractivity contribution in [3.05, 3.63) is 12.2 Å². The summed E-state index contributed by atoms with van der Waals surface area (Å²) in [6.07, 6.45) is 14.5. The highest BCUT2D eigenvalue weighted by Gasteiger charge is 2.59. The van der Waals surface area contributed by atoms with Crippen molar-refractivity contribution in [2.75, 3.05) is 0 Å². The molecule has 4 aliphatic carbocycles. The molecule has 0 amide bonds. The average Bonchev–Trinajstić information content (AvgIpc) is 3.26. The Hall–Kier alpha value is -1.89. The van der Waals surface area contributed by atoms with Crippen LogP contribution in [0.4, 0.5) is 0 Å². The van der Waals surface area contributed by atoms with E-state index in [0.29, 0.717) is 41.9 Å². The van der Waals surface area contributed by atoms with Crippen LogP contribution in [0.3, 0.4) is 0 Å². The van der Waals surface area contributed by atoms with Crippen molar-refractivity contribution < 1.29 is 28.6 Å². The van der Waals surface area contributed by atoms with Gasteiger partial charge in [0.15, 0.2) is 0 Å². The first-order valence-electron chi connectivity index (χ1n) is 17.4. The molecule has 4 rings (SSSR count). The zero-order valence-electron chi connectivity index (χ0n) is 29.1. The van der Waals surface area contributed by atoms with Gasteiger partial charge in [-0.25, -0.2) is 0 Å². The number of esters is 3. The predicted octanol–water partition coefficient (Wildman–Crippen LogP) is 7.54. The van der Waals surface area contributed by atoms with Crippen LogP contribution in [0.1, 0.15) is 133 Å². The Morgan fingerprint density at radius 3 is 2.11 bits per heavy atom. The molecule has 7 heteroatoms. The number of hydrogen-bond donors (Lipinski definition) is 1. The maximum atomic E-state index is 12.8. The van der Waals surface area contributed by atoms with Crippen molar-refractivity contribution in [2.24, 2.45) is 52.1 Å². The molecule has 0 aliphatic heterocycles. The molecule has 10 atom stereocenters. The van der Waals surface area contributed by atoms with Crippen LogP contribution in [-0.4, -0.2) is 41.3 Å². The van der Waals surface area contributed by atoms with Gasteiger partial charge in [-0.3, -0.25) is 14.4 Å². The van der Waals surface area contributed by atoms with Crippen molar-refractivity contribution >= 4 is 17.9 Å². The Morgan fingerprint density at radius 2 is 1.50 bits per heavy atom. The second-order valence-corrected chi connectivity index (χ2v) is 17.2. The molecule has 0 aromatic carbocycles. The van der Waals surface area contributed by atoms with Crippen LogP contribution in [0.15, 0.2) is 12.2 Å². The number of hydrogen-bond acceptors (Lipinski definition) is 7. The zero-order valence-corrected chi connectivity index (χ0v) is 29.1. The summed E-state index contributed by atoms with van der Waals surface area (Å²) in [5.74, 6) is 2.69. The molecule has 250 valence electrons. The molecule has 7 nitrogen and oxygen atoms in total. The van der Waals surface area contributed by atoms with Gasteiger partial charge in [0.1, 0.15) is 23.3 Å². The Bertz CT molecular complexity index is 1090. The summed E-state index contributed by atoms with van der Waals surface area (Å²) in [7, 11) is 0. The number of rotatable bonds is 9. The van der Waals surface area contributed by atoms with Gasteiger partial charge in [0.2, 0.25) is 0 Å². The molecular formula is C37H61NO6. The van der Waals surface area contributed by atoms with Gasteiger partial charge in [-0.2, -0.15) is 0 Å². The van der Waals surface area contributed by atoms with Crippen molar-refractivity contribution in [1.29, 1.82) is 0 Å². The van der Waals surface area contributed by atoms with Crippen molar-refractivity contribution in [3.63, 3.8) is 0 Å². The van der Waals surface area contributed by atoms with Crippen molar-refractivity contribution in [2.45, 2.75) is 156 Å². The second kappa shape index (κ2) is 13.1. The fourth-order valence-corrected chi connectivity index (χ4v) is 9.61. The predicted molar refractivity (Wildman–Crippen MR) is 172 cm³/mol. The number of fused-ring (bicyclic) bond motifs is 5. The van der Waals surface area contributed by atoms with Crippen LogP contribution in [0, 0.1) is 46.3 Å². The third kappa shape index (κ3) is 7.90. The fourth-order valence-electron chi connectivity index (χ4n) is 9.61. The molecule has 0 radical (unpaired) electrons. The molecule has 0 bridgehead atoms. The quantitative estimate of drug-likeness (QED) is 0.162. The topological polar surface area (TPSA) is 105 Å². The van der Waals surface area contributed by atoms with Crippen molar-refractivity contribution in [1.82, 2.24) is 0 Å². The maximum absolute atomic E-state index is 12.8. The lowest BCUT2D eigenvalue weighted by atomic mass is 9.46. The summed E-state index contributed by atoms with van der Waals surface area (Å²) in [6, 6.07) is -0.813. The number of carbonyl (C=O) groups is 3. The van der Waals surface area contributed by atoms with E-state index in [1.807, 2.05) is 41.5 Å². The Kier molecular flexibility index (Phi) is 10.4. The third-order valence-electron chi connectivity index (χ3n) is 11.7. The van der Waals surface area contributed by atoms with E-state index in [1.165, 1.54) is 25.7 Å². The molecule has 0 heterocycles. The SMILES string of the molecule is C[C@H](CCC(=O)OC(C)(C)C)C1CCC2C3CCC4CC(OC(=O)[C@@H](N)CCC(=O)OC(C)(C)C)CCC4(C)C3C=CC21C. The van der Waals surface area contributed by atoms with Crippen LogP contribution in [0.2, 0.25) is 0 Å². The van der Waals surface area contributed by atoms with Gasteiger partial charge in [0.25, 0.3) is 0 Å². The standard InChI is InChI=1S/C37H61NO6/c1-23(10-16-31(39)43-34(2,3)4)27-13-14-28-26-12-11-24-22-25(18-20-36(24,8)29(26)19-21-37(27,28)9)42-33(41)30(38)15-17-32(40)44-35(5,6)7/h19,21,23-30H,10-18,20,22,38H2,1-9H3/t23-,24?,25?,26?,27?,28?,29?,30+,36?,37?/m1/s1. The molecule has 0 aromatic rings. The summed E-state index contributed by atoms with van der Waals surface area (Å²) < 4.78 is 16.9. The first-order chi connectivity index (χ1) is 20.3. The number of allylic oxidation sites excluding steroid dienone is 2. The van der Waals surface area contributed by atoms with E-state index in [0.717, 1.165) is 25.7 Å². The highest BCUT2D eigenvalue weighted by atomic mass is 16.6. The first kappa shape index (κ1) is 35.0. The van der Waals surface area contributed by atoms with E-state index in [9.17, 15) is 14.4 Å². The Labute approximate surface area is 266 Å². The van der Waals surface area contributed by atoms with E-state index >= 15 is 0 Å². The minimum atomic E-state index is -0.813. The van der Waals surface area contributed by atoms with Crippen LogP contribution in [0.5, 0.6) is 0 Å². The molecule has 8 unspecified atom stereocenters. The van der Waals surface area contributed by atoms with Gasteiger partial charge < -0.3 is 19.9 Å². The van der Waals surface area contributed by atoms with Gasteiger partial charge in [0.05, 0.1) is 0 Å². The maximum Gasteiger partial charge on any atom is 0.323 e. The van der Waals surface area contributed by atoms with Gasteiger partial charge in [-0.1, -0.05) is 32.9 Å². The molecule has 0 aromatic heterocycles. The van der Waals surface area contributed by atoms with Crippen LogP contribution < -0.4 is 5.73 Å². The highest BCUT2D eigenvalue weighted by molar-refractivity contribution is 5.77. The Morgan fingerprint density at radius 1 is 0.886 bits per heavy atom. The van der Waals surface area contributed by atoms with Gasteiger partial charge in [-0.05, 0) is 146 Å². The summed E-state index contributed by atoms with van der Waals surface area (Å²) in [5, 5.41) is 0. The van der Waals surface area contributed by atoms with E-state index in [-0.39, 0.29) is 41.7 Å². The normalized spacial score (nSPS) is 36.3. The van der Waals surface area contributed by atoms with Gasteiger partial charge in [-0.15, -0.1) is 0 Å². The molecule has 3 saturated carbocycles. The summed E-state index contributed by atoms with van der Waals surface area (Å²) in [6.45, 7) is 18.6. The van der Waals surface area contributed by atoms with E-state index < -0.39 is 23.2 Å². The lowest BCUT2D eigenvalue weighted by Gasteiger charge is -2.59. The average molecular weight is 616 g/mol. The highest BCUT2D eigenvalue weighted by Crippen LogP contribution is 2.66. The Balaban J connectivity index is 1.33. The van der Waals surface area contributed by atoms with Crippen LogP contribution in [-0.2, 0) is 28.6 Å². The molecule has 3 fully saturated rings. The largest absolute Gasteiger partial charge is 0.461 e. The molecule has 44 heavy (non-hydrogen) atoms. The van der Waals surface area contributed by atoms with E-state index in [4.69, 9.17) is 19.9 Å². The van der Waals surface area contributed by atoms with E-state index in [2.05, 4.69) is 32.9 Å². The number of ether oxygens (including phenoxy) is 3. The molecule has 4 aliphatic rings. The van der Waals surface area contributed by atoms with Crippen LogP contribution >= 0.6 is 0 Å². The molecule has 0 saturated heterocycles. The van der Waals surface area contributed by atoms with Crippen LogP contribution in [0.25, 0.3) is 0 Å². The minimum Gasteiger partial charge on any atom is -0.461 e. The zero-order chi connectivity index (χ0) is 32.7. The summed E-state index contributed by atoms with van der Waals surface area (Å²) in [5.41, 5.74) is 5.54. The molecule has 2 N–H and O–H groups in total. The lowest BCUT2D eigenvalue weighted by molar-refractivity contribution is -0.160. The lowest BCUT2D eigenvalue weighted by Crippen LogP contribution is -2.52. The smallest absolute Gasteiger partial charge is 0.323 e. The third-order valence-corrected chi connectivity index (χ3v) is 11.7. The summed E-state index contributed by atoms with van der Waals surface area (Å²) in [4.78, 5) is 37.3. The fraction of sp³-hybridized carbons (Fsp3) is 0.865. The van der Waals surface area contributed by atoms with Crippen molar-refractivity contribution in [3.8, 4) is 0 Å². The first-order valence-corrected chi connectivity index (χ1v) is 17.4. The molecular weight excluding hydrogens is 554 g/mol.